The molecule has 0 aliphatic carbocycles. The fraction of sp³-hybridized carbons (Fsp3) is 0.579. The molecule has 25 heavy (non-hydrogen) atoms. The molecule has 2 aliphatic heterocycles. The number of hydrogen-bond donors (Lipinski definition) is 1. The Morgan fingerprint density at radius 3 is 2.72 bits per heavy atom. The molecule has 1 atom stereocenters. The lowest BCUT2D eigenvalue weighted by atomic mass is 9.77. The molecule has 0 bridgehead atoms. The number of amides is 2. The molecule has 0 aromatic heterocycles. The van der Waals surface area contributed by atoms with Crippen molar-refractivity contribution in [2.24, 2.45) is 5.41 Å². The molecule has 0 radical (unpaired) electrons. The van der Waals surface area contributed by atoms with Crippen LogP contribution < -0.4 is 4.74 Å². The van der Waals surface area contributed by atoms with Crippen LogP contribution in [0.1, 0.15) is 31.7 Å². The highest BCUT2D eigenvalue weighted by Gasteiger charge is 2.45. The number of carbonyl (C=O) groups excluding carboxylic acids is 2. The van der Waals surface area contributed by atoms with Crippen LogP contribution in [0.5, 0.6) is 5.75 Å². The zero-order chi connectivity index (χ0) is 18.0. The van der Waals surface area contributed by atoms with Crippen LogP contribution in [-0.2, 0) is 16.1 Å². The second kappa shape index (κ2) is 7.04. The molecule has 1 N–H and O–H groups in total. The number of aliphatic hydroxyl groups is 1. The van der Waals surface area contributed by atoms with Gasteiger partial charge in [0.25, 0.3) is 5.91 Å². The lowest BCUT2D eigenvalue weighted by Gasteiger charge is -2.39. The Morgan fingerprint density at radius 2 is 2.08 bits per heavy atom. The van der Waals surface area contributed by atoms with E-state index in [1.807, 2.05) is 29.2 Å². The number of hydrogen-bond acceptors (Lipinski definition) is 4. The van der Waals surface area contributed by atoms with Gasteiger partial charge in [-0.1, -0.05) is 12.1 Å². The first-order chi connectivity index (χ1) is 11.9. The van der Waals surface area contributed by atoms with Crippen LogP contribution in [-0.4, -0.2) is 59.6 Å². The first kappa shape index (κ1) is 17.7. The van der Waals surface area contributed by atoms with Crippen molar-refractivity contribution in [3.63, 3.8) is 0 Å². The van der Waals surface area contributed by atoms with E-state index in [2.05, 4.69) is 0 Å². The molecule has 1 spiro atoms. The molecular weight excluding hydrogens is 320 g/mol. The van der Waals surface area contributed by atoms with Gasteiger partial charge in [0.1, 0.15) is 11.9 Å². The molecule has 2 aliphatic rings. The standard InChI is InChI=1S/C19H26N2O4/c1-14(22)18(24)20-8-6-19(7-9-20)11-17(23)21(13-19)12-15-4-3-5-16(10-15)25-2/h3-5,10,14,22H,6-9,11-13H2,1-2H3. The van der Waals surface area contributed by atoms with E-state index in [-0.39, 0.29) is 17.2 Å². The fourth-order valence-corrected chi connectivity index (χ4v) is 3.92. The molecule has 6 nitrogen and oxygen atoms in total. The number of benzene rings is 1. The number of piperidine rings is 1. The molecular formula is C19H26N2O4. The smallest absolute Gasteiger partial charge is 0.251 e. The first-order valence-electron chi connectivity index (χ1n) is 8.80. The third kappa shape index (κ3) is 3.79. The maximum absolute atomic E-state index is 12.5. The average Bonchev–Trinajstić information content (AvgIpc) is 2.90. The molecule has 6 heteroatoms. The van der Waals surface area contributed by atoms with E-state index < -0.39 is 6.10 Å². The van der Waals surface area contributed by atoms with Crippen molar-refractivity contribution in [3.05, 3.63) is 29.8 Å². The zero-order valence-electron chi connectivity index (χ0n) is 14.9. The summed E-state index contributed by atoms with van der Waals surface area (Å²) < 4.78 is 5.25. The Labute approximate surface area is 148 Å². The van der Waals surface area contributed by atoms with Crippen molar-refractivity contribution in [3.8, 4) is 5.75 Å². The maximum atomic E-state index is 12.5. The van der Waals surface area contributed by atoms with Gasteiger partial charge in [0.05, 0.1) is 7.11 Å². The Hall–Kier alpha value is -2.08. The second-order valence-electron chi connectivity index (χ2n) is 7.28. The second-order valence-corrected chi connectivity index (χ2v) is 7.28. The normalized spacial score (nSPS) is 20.8. The van der Waals surface area contributed by atoms with E-state index >= 15 is 0 Å². The Balaban J connectivity index is 1.62. The Morgan fingerprint density at radius 1 is 1.36 bits per heavy atom. The van der Waals surface area contributed by atoms with Gasteiger partial charge in [0, 0.05) is 38.0 Å². The average molecular weight is 346 g/mol. The number of likely N-dealkylation sites (tertiary alicyclic amines) is 2. The van der Waals surface area contributed by atoms with E-state index in [4.69, 9.17) is 4.74 Å². The van der Waals surface area contributed by atoms with Crippen molar-refractivity contribution in [2.75, 3.05) is 26.7 Å². The molecule has 136 valence electrons. The van der Waals surface area contributed by atoms with Gasteiger partial charge in [-0.2, -0.15) is 0 Å². The van der Waals surface area contributed by atoms with Crippen LogP contribution in [0.4, 0.5) is 0 Å². The van der Waals surface area contributed by atoms with Crippen molar-refractivity contribution in [2.45, 2.75) is 38.8 Å². The van der Waals surface area contributed by atoms with Crippen molar-refractivity contribution in [1.82, 2.24) is 9.80 Å². The molecule has 3 rings (SSSR count). The summed E-state index contributed by atoms with van der Waals surface area (Å²) in [6.07, 6.45) is 1.22. The van der Waals surface area contributed by atoms with Crippen LogP contribution in [0.25, 0.3) is 0 Å². The van der Waals surface area contributed by atoms with E-state index in [1.165, 1.54) is 6.92 Å². The van der Waals surface area contributed by atoms with Gasteiger partial charge < -0.3 is 19.6 Å². The summed E-state index contributed by atoms with van der Waals surface area (Å²) in [4.78, 5) is 28.1. The molecule has 2 amide bonds. The van der Waals surface area contributed by atoms with Crippen LogP contribution in [0.15, 0.2) is 24.3 Å². The molecule has 0 saturated carbocycles. The van der Waals surface area contributed by atoms with Crippen LogP contribution in [0.2, 0.25) is 0 Å². The summed E-state index contributed by atoms with van der Waals surface area (Å²) in [6.45, 7) is 4.06. The Bertz CT molecular complexity index is 651. The maximum Gasteiger partial charge on any atom is 0.251 e. The molecule has 1 unspecified atom stereocenters. The summed E-state index contributed by atoms with van der Waals surface area (Å²) in [5.41, 5.74) is 1.03. The van der Waals surface area contributed by atoms with E-state index in [0.717, 1.165) is 30.7 Å². The van der Waals surface area contributed by atoms with Gasteiger partial charge in [-0.3, -0.25) is 9.59 Å². The van der Waals surface area contributed by atoms with Crippen molar-refractivity contribution >= 4 is 11.8 Å². The molecule has 2 fully saturated rings. The zero-order valence-corrected chi connectivity index (χ0v) is 14.9. The third-order valence-electron chi connectivity index (χ3n) is 5.41. The number of ether oxygens (including phenoxy) is 1. The minimum Gasteiger partial charge on any atom is -0.497 e. The van der Waals surface area contributed by atoms with Crippen LogP contribution in [0, 0.1) is 5.41 Å². The van der Waals surface area contributed by atoms with Gasteiger partial charge in [-0.15, -0.1) is 0 Å². The summed E-state index contributed by atoms with van der Waals surface area (Å²) >= 11 is 0. The van der Waals surface area contributed by atoms with Crippen LogP contribution in [0.3, 0.4) is 0 Å². The van der Waals surface area contributed by atoms with Gasteiger partial charge in [0.2, 0.25) is 5.91 Å². The van der Waals surface area contributed by atoms with E-state index in [0.29, 0.717) is 26.1 Å². The van der Waals surface area contributed by atoms with Gasteiger partial charge in [-0.25, -0.2) is 0 Å². The highest BCUT2D eigenvalue weighted by molar-refractivity contribution is 5.81. The fourth-order valence-electron chi connectivity index (χ4n) is 3.92. The molecule has 1 aromatic carbocycles. The summed E-state index contributed by atoms with van der Waals surface area (Å²) in [5.74, 6) is 0.759. The van der Waals surface area contributed by atoms with E-state index in [1.54, 1.807) is 12.0 Å². The molecule has 1 aromatic rings. The predicted octanol–water partition coefficient (Wildman–Crippen LogP) is 1.42. The highest BCUT2D eigenvalue weighted by atomic mass is 16.5. The summed E-state index contributed by atoms with van der Waals surface area (Å²) in [7, 11) is 1.64. The van der Waals surface area contributed by atoms with Gasteiger partial charge in [0.15, 0.2) is 0 Å². The monoisotopic (exact) mass is 346 g/mol. The van der Waals surface area contributed by atoms with Crippen LogP contribution >= 0.6 is 0 Å². The van der Waals surface area contributed by atoms with Crippen molar-refractivity contribution in [1.29, 1.82) is 0 Å². The third-order valence-corrected chi connectivity index (χ3v) is 5.41. The van der Waals surface area contributed by atoms with Gasteiger partial charge in [-0.05, 0) is 37.5 Å². The largest absolute Gasteiger partial charge is 0.497 e. The number of methoxy groups -OCH3 is 1. The van der Waals surface area contributed by atoms with E-state index in [9.17, 15) is 14.7 Å². The lowest BCUT2D eigenvalue weighted by molar-refractivity contribution is -0.141. The topological polar surface area (TPSA) is 70.1 Å². The molecule has 2 saturated heterocycles. The quantitative estimate of drug-likeness (QED) is 0.895. The minimum atomic E-state index is -0.955. The Kier molecular flexibility index (Phi) is 4.99. The SMILES string of the molecule is COc1cccc(CN2CC3(CCN(C(=O)C(C)O)CC3)CC2=O)c1. The number of carbonyl (C=O) groups is 2. The lowest BCUT2D eigenvalue weighted by Crippen LogP contribution is -2.47. The summed E-state index contributed by atoms with van der Waals surface area (Å²) in [6, 6.07) is 7.79. The van der Waals surface area contributed by atoms with Crippen molar-refractivity contribution < 1.29 is 19.4 Å². The number of rotatable bonds is 4. The minimum absolute atomic E-state index is 0.0363. The summed E-state index contributed by atoms with van der Waals surface area (Å²) in [5, 5.41) is 9.46. The number of aliphatic hydroxyl groups excluding tert-OH is 1. The van der Waals surface area contributed by atoms with Gasteiger partial charge >= 0.3 is 0 Å². The number of nitrogens with zero attached hydrogens (tertiary/aromatic N) is 2. The first-order valence-corrected chi connectivity index (χ1v) is 8.80. The highest BCUT2D eigenvalue weighted by Crippen LogP contribution is 2.41. The predicted molar refractivity (Wildman–Crippen MR) is 93.0 cm³/mol. The molecule has 2 heterocycles.